The van der Waals surface area contributed by atoms with Crippen molar-refractivity contribution in [1.82, 2.24) is 19.9 Å². The van der Waals surface area contributed by atoms with E-state index in [0.29, 0.717) is 5.11 Å². The number of nitrogens with one attached hydrogen (secondary N) is 1. The number of ether oxygens (including phenoxy) is 2. The van der Waals surface area contributed by atoms with Crippen LogP contribution in [0.4, 0.5) is 5.69 Å². The molecule has 3 aromatic heterocycles. The molecule has 1 aromatic carbocycles. The average molecular weight is 484 g/mol. The Bertz CT molecular complexity index is 1440. The quantitative estimate of drug-likeness (QED) is 0.405. The van der Waals surface area contributed by atoms with Crippen molar-refractivity contribution < 1.29 is 9.47 Å². The maximum Gasteiger partial charge on any atom is 0.231 e. The molecule has 1 fully saturated rings. The number of anilines is 1. The van der Waals surface area contributed by atoms with E-state index in [2.05, 4.69) is 57.7 Å². The highest BCUT2D eigenvalue weighted by Crippen LogP contribution is 2.45. The lowest BCUT2D eigenvalue weighted by molar-refractivity contribution is 0.174. The maximum absolute atomic E-state index is 5.89. The summed E-state index contributed by atoms with van der Waals surface area (Å²) in [5.74, 6) is 2.37. The van der Waals surface area contributed by atoms with E-state index in [-0.39, 0.29) is 18.9 Å². The molecule has 8 heteroatoms. The van der Waals surface area contributed by atoms with Gasteiger partial charge in [0.05, 0.1) is 17.8 Å². The second kappa shape index (κ2) is 8.39. The van der Waals surface area contributed by atoms with Gasteiger partial charge in [-0.2, -0.15) is 0 Å². The Kier molecular flexibility index (Phi) is 5.18. The zero-order chi connectivity index (χ0) is 24.1. The summed E-state index contributed by atoms with van der Waals surface area (Å²) in [7, 11) is 0. The summed E-state index contributed by atoms with van der Waals surface area (Å²) in [5.41, 5.74) is 6.42. The van der Waals surface area contributed by atoms with E-state index < -0.39 is 0 Å². The molecule has 1 saturated heterocycles. The van der Waals surface area contributed by atoms with Gasteiger partial charge >= 0.3 is 0 Å². The Labute approximate surface area is 209 Å². The molecule has 0 amide bonds. The first-order valence-electron chi connectivity index (χ1n) is 11.5. The van der Waals surface area contributed by atoms with Gasteiger partial charge in [-0.3, -0.25) is 4.98 Å². The Balaban J connectivity index is 1.51. The zero-order valence-electron chi connectivity index (χ0n) is 19.7. The third kappa shape index (κ3) is 3.61. The smallest absolute Gasteiger partial charge is 0.231 e. The van der Waals surface area contributed by atoms with E-state index in [1.807, 2.05) is 54.9 Å². The first kappa shape index (κ1) is 21.6. The lowest BCUT2D eigenvalue weighted by Gasteiger charge is -2.28. The zero-order valence-corrected chi connectivity index (χ0v) is 20.5. The molecule has 2 aliphatic heterocycles. The van der Waals surface area contributed by atoms with Crippen LogP contribution in [0, 0.1) is 20.8 Å². The number of pyridine rings is 2. The number of fused-ring (bicyclic) bond motifs is 1. The van der Waals surface area contributed by atoms with E-state index in [9.17, 15) is 0 Å². The van der Waals surface area contributed by atoms with Crippen molar-refractivity contribution in [1.29, 1.82) is 0 Å². The SMILES string of the molecule is Cc1ccnc(-n2c(C)cc([C@@H]3[C@@H](c4ccccn4)NC(=S)N3c3ccc4c(c3)OCO4)c2C)c1. The van der Waals surface area contributed by atoms with Crippen LogP contribution in [0.5, 0.6) is 11.5 Å². The minimum absolute atomic E-state index is 0.123. The molecule has 6 rings (SSSR count). The Morgan fingerprint density at radius 1 is 0.943 bits per heavy atom. The molecule has 5 heterocycles. The molecule has 2 atom stereocenters. The van der Waals surface area contributed by atoms with Crippen LogP contribution in [0.1, 0.15) is 40.3 Å². The van der Waals surface area contributed by atoms with Crippen LogP contribution in [-0.4, -0.2) is 26.4 Å². The standard InChI is InChI=1S/C27H25N5O2S/c1-16-9-11-29-24(12-16)31-17(2)13-20(18(31)3)26-25(21-6-4-5-10-28-21)30-27(35)32(26)19-7-8-22-23(14-19)34-15-33-22/h4-14,25-26H,15H2,1-3H3,(H,30,35)/t25-,26-/m1/s1. The Morgan fingerprint density at radius 3 is 2.60 bits per heavy atom. The number of rotatable bonds is 4. The minimum atomic E-state index is -0.131. The van der Waals surface area contributed by atoms with Crippen LogP contribution in [0.3, 0.4) is 0 Å². The van der Waals surface area contributed by atoms with Crippen LogP contribution in [0.15, 0.2) is 67.0 Å². The number of aryl methyl sites for hydroxylation is 2. The lowest BCUT2D eigenvalue weighted by Crippen LogP contribution is -2.29. The van der Waals surface area contributed by atoms with E-state index in [1.54, 1.807) is 0 Å². The predicted molar refractivity (Wildman–Crippen MR) is 138 cm³/mol. The maximum atomic E-state index is 5.89. The molecule has 35 heavy (non-hydrogen) atoms. The third-order valence-corrected chi connectivity index (χ3v) is 6.97. The molecule has 7 nitrogen and oxygen atoms in total. The van der Waals surface area contributed by atoms with Gasteiger partial charge in [-0.15, -0.1) is 0 Å². The summed E-state index contributed by atoms with van der Waals surface area (Å²) < 4.78 is 13.4. The summed E-state index contributed by atoms with van der Waals surface area (Å²) in [6.07, 6.45) is 3.67. The molecule has 0 unspecified atom stereocenters. The van der Waals surface area contributed by atoms with Crippen molar-refractivity contribution in [3.63, 3.8) is 0 Å². The lowest BCUT2D eigenvalue weighted by atomic mass is 9.96. The number of thiocarbonyl (C=S) groups is 1. The van der Waals surface area contributed by atoms with Crippen molar-refractivity contribution in [2.75, 3.05) is 11.7 Å². The van der Waals surface area contributed by atoms with E-state index in [0.717, 1.165) is 45.6 Å². The van der Waals surface area contributed by atoms with Gasteiger partial charge in [0.15, 0.2) is 16.6 Å². The summed E-state index contributed by atoms with van der Waals surface area (Å²) >= 11 is 5.89. The summed E-state index contributed by atoms with van der Waals surface area (Å²) in [6, 6.07) is 18.0. The second-order valence-electron chi connectivity index (χ2n) is 8.89. The van der Waals surface area contributed by atoms with Crippen LogP contribution in [0.25, 0.3) is 5.82 Å². The predicted octanol–water partition coefficient (Wildman–Crippen LogP) is 5.10. The van der Waals surface area contributed by atoms with Gasteiger partial charge < -0.3 is 24.3 Å². The first-order chi connectivity index (χ1) is 17.0. The Morgan fingerprint density at radius 2 is 1.80 bits per heavy atom. The summed E-state index contributed by atoms with van der Waals surface area (Å²) in [4.78, 5) is 11.5. The molecule has 2 aliphatic rings. The Hall–Kier alpha value is -3.91. The number of hydrogen-bond donors (Lipinski definition) is 1. The first-order valence-corrected chi connectivity index (χ1v) is 11.9. The van der Waals surface area contributed by atoms with Gasteiger partial charge in [0, 0.05) is 35.5 Å². The summed E-state index contributed by atoms with van der Waals surface area (Å²) in [5, 5.41) is 4.18. The fraction of sp³-hybridized carbons (Fsp3) is 0.222. The van der Waals surface area contributed by atoms with Crippen LogP contribution in [-0.2, 0) is 0 Å². The molecule has 0 spiro atoms. The largest absolute Gasteiger partial charge is 0.454 e. The van der Waals surface area contributed by atoms with E-state index in [4.69, 9.17) is 21.7 Å². The number of benzene rings is 1. The molecule has 0 radical (unpaired) electrons. The van der Waals surface area contributed by atoms with Crippen molar-refractivity contribution in [2.24, 2.45) is 0 Å². The van der Waals surface area contributed by atoms with Gasteiger partial charge in [0.2, 0.25) is 6.79 Å². The highest BCUT2D eigenvalue weighted by Gasteiger charge is 2.42. The van der Waals surface area contributed by atoms with Crippen molar-refractivity contribution >= 4 is 23.0 Å². The van der Waals surface area contributed by atoms with Crippen LogP contribution < -0.4 is 19.7 Å². The van der Waals surface area contributed by atoms with Gasteiger partial charge in [-0.25, -0.2) is 4.98 Å². The molecule has 4 aromatic rings. The molecule has 0 bridgehead atoms. The van der Waals surface area contributed by atoms with Crippen molar-refractivity contribution in [3.05, 3.63) is 95.2 Å². The van der Waals surface area contributed by atoms with Crippen LogP contribution in [0.2, 0.25) is 0 Å². The van der Waals surface area contributed by atoms with E-state index >= 15 is 0 Å². The molecule has 1 N–H and O–H groups in total. The van der Waals surface area contributed by atoms with Gasteiger partial charge in [-0.05, 0) is 86.6 Å². The average Bonchev–Trinajstić information content (AvgIpc) is 3.54. The van der Waals surface area contributed by atoms with E-state index in [1.165, 1.54) is 5.56 Å². The second-order valence-corrected chi connectivity index (χ2v) is 9.27. The monoisotopic (exact) mass is 483 g/mol. The highest BCUT2D eigenvalue weighted by atomic mass is 32.1. The third-order valence-electron chi connectivity index (χ3n) is 6.65. The minimum Gasteiger partial charge on any atom is -0.454 e. The number of aromatic nitrogens is 3. The molecule has 0 saturated carbocycles. The normalized spacial score (nSPS) is 18.7. The van der Waals surface area contributed by atoms with Gasteiger partial charge in [0.25, 0.3) is 0 Å². The summed E-state index contributed by atoms with van der Waals surface area (Å²) in [6.45, 7) is 6.56. The number of nitrogens with zero attached hydrogens (tertiary/aromatic N) is 4. The van der Waals surface area contributed by atoms with Crippen LogP contribution >= 0.6 is 12.2 Å². The molecule has 0 aliphatic carbocycles. The van der Waals surface area contributed by atoms with Gasteiger partial charge in [-0.1, -0.05) is 6.07 Å². The fourth-order valence-corrected chi connectivity index (χ4v) is 5.41. The topological polar surface area (TPSA) is 64.4 Å². The molecular formula is C27H25N5O2S. The highest BCUT2D eigenvalue weighted by molar-refractivity contribution is 7.80. The molecular weight excluding hydrogens is 458 g/mol. The van der Waals surface area contributed by atoms with Crippen molar-refractivity contribution in [2.45, 2.75) is 32.9 Å². The number of hydrogen-bond acceptors (Lipinski definition) is 5. The fourth-order valence-electron chi connectivity index (χ4n) is 5.07. The van der Waals surface area contributed by atoms with Crippen molar-refractivity contribution in [3.8, 4) is 17.3 Å². The molecule has 176 valence electrons. The van der Waals surface area contributed by atoms with Gasteiger partial charge in [0.1, 0.15) is 5.82 Å².